The molecule has 3 heterocycles. The molecule has 3 aliphatic carbocycles. The SMILES string of the molecule is O=CO[C@H]1C2CCC(CC2)[C@@H]1Nc1ccc(=O)n(-c2c[nH]c3ncc(F)cc23)n1. The highest BCUT2D eigenvalue weighted by Gasteiger charge is 2.45. The Labute approximate surface area is 165 Å². The summed E-state index contributed by atoms with van der Waals surface area (Å²) >= 11 is 0. The summed E-state index contributed by atoms with van der Waals surface area (Å²) in [4.78, 5) is 30.4. The average molecular weight is 397 g/mol. The second-order valence-corrected chi connectivity index (χ2v) is 7.73. The number of H-pyrrole nitrogens is 1. The van der Waals surface area contributed by atoms with Gasteiger partial charge in [-0.15, -0.1) is 5.10 Å². The number of fused-ring (bicyclic) bond motifs is 4. The number of hydrogen-bond acceptors (Lipinski definition) is 6. The van der Waals surface area contributed by atoms with E-state index in [0.717, 1.165) is 31.9 Å². The molecule has 0 amide bonds. The monoisotopic (exact) mass is 397 g/mol. The number of aromatic amines is 1. The molecule has 0 unspecified atom stereocenters. The first kappa shape index (κ1) is 17.8. The third-order valence-electron chi connectivity index (χ3n) is 6.17. The van der Waals surface area contributed by atoms with E-state index in [2.05, 4.69) is 20.4 Å². The zero-order chi connectivity index (χ0) is 20.0. The van der Waals surface area contributed by atoms with Crippen molar-refractivity contribution in [1.82, 2.24) is 19.7 Å². The van der Waals surface area contributed by atoms with Crippen LogP contribution < -0.4 is 10.9 Å². The van der Waals surface area contributed by atoms with E-state index in [4.69, 9.17) is 4.74 Å². The molecule has 6 rings (SSSR count). The molecule has 3 aromatic rings. The molecule has 0 saturated heterocycles. The lowest BCUT2D eigenvalue weighted by Gasteiger charge is -2.47. The zero-order valence-corrected chi connectivity index (χ0v) is 15.5. The van der Waals surface area contributed by atoms with Gasteiger partial charge in [0.25, 0.3) is 12.0 Å². The van der Waals surface area contributed by atoms with Gasteiger partial charge in [0, 0.05) is 17.6 Å². The minimum absolute atomic E-state index is 0.0479. The van der Waals surface area contributed by atoms with Gasteiger partial charge in [0.1, 0.15) is 23.4 Å². The van der Waals surface area contributed by atoms with Crippen molar-refractivity contribution in [3.8, 4) is 5.69 Å². The molecule has 2 bridgehead atoms. The van der Waals surface area contributed by atoms with Crippen LogP contribution in [0, 0.1) is 17.7 Å². The Kier molecular flexibility index (Phi) is 4.30. The maximum atomic E-state index is 13.7. The molecule has 3 aromatic heterocycles. The summed E-state index contributed by atoms with van der Waals surface area (Å²) in [5.74, 6) is 0.739. The van der Waals surface area contributed by atoms with Gasteiger partial charge in [-0.2, -0.15) is 4.68 Å². The highest BCUT2D eigenvalue weighted by molar-refractivity contribution is 5.85. The number of ether oxygens (including phenoxy) is 1. The van der Waals surface area contributed by atoms with Gasteiger partial charge in [-0.1, -0.05) is 0 Å². The molecule has 0 spiro atoms. The second kappa shape index (κ2) is 6.98. The number of nitrogens with zero attached hydrogens (tertiary/aromatic N) is 3. The van der Waals surface area contributed by atoms with E-state index in [1.54, 1.807) is 12.3 Å². The molecule has 0 aliphatic heterocycles. The van der Waals surface area contributed by atoms with Crippen molar-refractivity contribution in [1.29, 1.82) is 0 Å². The minimum atomic E-state index is -0.493. The van der Waals surface area contributed by atoms with Gasteiger partial charge < -0.3 is 15.0 Å². The standard InChI is InChI=1S/C20H20FN5O3/c21-13-7-14-15(9-23-20(14)22-8-13)26-17(28)6-5-16(25-26)24-18-11-1-3-12(4-2-11)19(18)29-10-27/h5-12,18-19H,1-4H2,(H,22,23)(H,24,25)/t11?,12?,18-,19-/m0/s1. The minimum Gasteiger partial charge on any atom is -0.462 e. The molecule has 3 aliphatic rings. The average Bonchev–Trinajstić information content (AvgIpc) is 3.15. The summed E-state index contributed by atoms with van der Waals surface area (Å²) in [5.41, 5.74) is 0.551. The van der Waals surface area contributed by atoms with Crippen LogP contribution in [0.25, 0.3) is 16.7 Å². The van der Waals surface area contributed by atoms with Crippen molar-refractivity contribution < 1.29 is 13.9 Å². The quantitative estimate of drug-likeness (QED) is 0.641. The summed E-state index contributed by atoms with van der Waals surface area (Å²) in [6, 6.07) is 4.30. The van der Waals surface area contributed by atoms with Crippen molar-refractivity contribution in [2.45, 2.75) is 37.8 Å². The number of aromatic nitrogens is 4. The molecule has 8 nitrogen and oxygen atoms in total. The van der Waals surface area contributed by atoms with Gasteiger partial charge in [-0.3, -0.25) is 9.59 Å². The maximum absolute atomic E-state index is 13.7. The molecular weight excluding hydrogens is 377 g/mol. The molecule has 0 aromatic carbocycles. The molecule has 9 heteroatoms. The largest absolute Gasteiger partial charge is 0.462 e. The fraction of sp³-hybridized carbons (Fsp3) is 0.400. The van der Waals surface area contributed by atoms with Crippen LogP contribution in [0.1, 0.15) is 25.7 Å². The highest BCUT2D eigenvalue weighted by atomic mass is 19.1. The van der Waals surface area contributed by atoms with Gasteiger partial charge in [0.15, 0.2) is 0 Å². The van der Waals surface area contributed by atoms with E-state index < -0.39 is 5.82 Å². The first-order valence-electron chi connectivity index (χ1n) is 9.73. The van der Waals surface area contributed by atoms with Crippen LogP contribution in [0.15, 0.2) is 35.4 Å². The Hall–Kier alpha value is -3.23. The van der Waals surface area contributed by atoms with Gasteiger partial charge in [0.05, 0.1) is 17.9 Å². The van der Waals surface area contributed by atoms with Crippen LogP contribution in [0.4, 0.5) is 10.2 Å². The second-order valence-electron chi connectivity index (χ2n) is 7.73. The zero-order valence-electron chi connectivity index (χ0n) is 15.5. The molecule has 3 saturated carbocycles. The number of carbonyl (C=O) groups is 1. The Morgan fingerprint density at radius 2 is 2.03 bits per heavy atom. The molecule has 2 N–H and O–H groups in total. The van der Waals surface area contributed by atoms with Crippen molar-refractivity contribution in [2.75, 3.05) is 5.32 Å². The van der Waals surface area contributed by atoms with Crippen molar-refractivity contribution in [3.05, 3.63) is 46.8 Å². The Morgan fingerprint density at radius 1 is 1.24 bits per heavy atom. The van der Waals surface area contributed by atoms with Crippen molar-refractivity contribution in [3.63, 3.8) is 0 Å². The summed E-state index contributed by atoms with van der Waals surface area (Å²) < 4.78 is 20.3. The number of pyridine rings is 1. The normalized spacial score (nSPS) is 25.8. The van der Waals surface area contributed by atoms with Crippen LogP contribution in [-0.2, 0) is 9.53 Å². The van der Waals surface area contributed by atoms with E-state index in [1.807, 2.05) is 0 Å². The summed E-state index contributed by atoms with van der Waals surface area (Å²) in [7, 11) is 0. The Balaban J connectivity index is 1.50. The highest BCUT2D eigenvalue weighted by Crippen LogP contribution is 2.43. The molecule has 0 radical (unpaired) electrons. The van der Waals surface area contributed by atoms with E-state index in [-0.39, 0.29) is 17.7 Å². The smallest absolute Gasteiger partial charge is 0.293 e. The van der Waals surface area contributed by atoms with Gasteiger partial charge in [-0.05, 0) is 49.7 Å². The van der Waals surface area contributed by atoms with E-state index in [1.165, 1.54) is 16.8 Å². The van der Waals surface area contributed by atoms with E-state index in [0.29, 0.717) is 40.8 Å². The van der Waals surface area contributed by atoms with Crippen molar-refractivity contribution in [2.24, 2.45) is 11.8 Å². The molecule has 2 atom stereocenters. The van der Waals surface area contributed by atoms with Crippen LogP contribution in [-0.4, -0.2) is 38.4 Å². The number of hydrogen-bond donors (Lipinski definition) is 2. The van der Waals surface area contributed by atoms with Crippen LogP contribution in [0.2, 0.25) is 0 Å². The third-order valence-corrected chi connectivity index (χ3v) is 6.17. The molecule has 29 heavy (non-hydrogen) atoms. The molecular formula is C20H20FN5O3. The van der Waals surface area contributed by atoms with Crippen LogP contribution in [0.5, 0.6) is 0 Å². The summed E-state index contributed by atoms with van der Waals surface area (Å²) in [6.07, 6.45) is 6.76. The Bertz CT molecular complexity index is 1120. The lowest BCUT2D eigenvalue weighted by atomic mass is 9.66. The molecule has 3 fully saturated rings. The number of halogens is 1. The first-order valence-corrected chi connectivity index (χ1v) is 9.73. The lowest BCUT2D eigenvalue weighted by molar-refractivity contribution is -0.143. The fourth-order valence-electron chi connectivity index (χ4n) is 4.82. The van der Waals surface area contributed by atoms with E-state index in [9.17, 15) is 14.0 Å². The van der Waals surface area contributed by atoms with Gasteiger partial charge >= 0.3 is 0 Å². The predicted octanol–water partition coefficient (Wildman–Crippen LogP) is 2.39. The van der Waals surface area contributed by atoms with Gasteiger partial charge in [0.2, 0.25) is 0 Å². The molecule has 150 valence electrons. The number of carbonyl (C=O) groups excluding carboxylic acids is 1. The number of nitrogens with one attached hydrogen (secondary N) is 2. The summed E-state index contributed by atoms with van der Waals surface area (Å²) in [6.45, 7) is 0.516. The summed E-state index contributed by atoms with van der Waals surface area (Å²) in [5, 5.41) is 8.30. The first-order chi connectivity index (χ1) is 14.1. The lowest BCUT2D eigenvalue weighted by Crippen LogP contribution is -2.53. The van der Waals surface area contributed by atoms with Crippen LogP contribution in [0.3, 0.4) is 0 Å². The number of anilines is 1. The third kappa shape index (κ3) is 3.06. The predicted molar refractivity (Wildman–Crippen MR) is 103 cm³/mol. The van der Waals surface area contributed by atoms with Crippen molar-refractivity contribution >= 4 is 23.3 Å². The fourth-order valence-corrected chi connectivity index (χ4v) is 4.82. The Morgan fingerprint density at radius 3 is 2.83 bits per heavy atom. The number of rotatable bonds is 5. The topological polar surface area (TPSA) is 102 Å². The maximum Gasteiger partial charge on any atom is 0.293 e. The van der Waals surface area contributed by atoms with E-state index >= 15 is 0 Å². The van der Waals surface area contributed by atoms with Crippen LogP contribution >= 0.6 is 0 Å². The van der Waals surface area contributed by atoms with Gasteiger partial charge in [-0.25, -0.2) is 9.37 Å².